The lowest BCUT2D eigenvalue weighted by Crippen LogP contribution is -2.26. The lowest BCUT2D eigenvalue weighted by atomic mass is 10.1. The first kappa shape index (κ1) is 12.4. The van der Waals surface area contributed by atoms with Gasteiger partial charge in [-0.3, -0.25) is 0 Å². The minimum Gasteiger partial charge on any atom is -0.376 e. The molecule has 2 heterocycles. The summed E-state index contributed by atoms with van der Waals surface area (Å²) < 4.78 is 8.00. The molecule has 1 atom stereocenters. The van der Waals surface area contributed by atoms with Crippen LogP contribution >= 0.6 is 27.3 Å². The van der Waals surface area contributed by atoms with Crippen LogP contribution in [0.2, 0.25) is 0 Å². The molecule has 0 amide bonds. The van der Waals surface area contributed by atoms with Crippen LogP contribution in [0.4, 0.5) is 5.13 Å². The highest BCUT2D eigenvalue weighted by molar-refractivity contribution is 9.10. The van der Waals surface area contributed by atoms with Gasteiger partial charge in [0.1, 0.15) is 0 Å². The number of nitrogens with zero attached hydrogens (tertiary/aromatic N) is 1. The molecule has 0 spiro atoms. The van der Waals surface area contributed by atoms with Gasteiger partial charge in [-0.2, -0.15) is 0 Å². The third-order valence-corrected chi connectivity index (χ3v) is 4.57. The Kier molecular flexibility index (Phi) is 3.82. The van der Waals surface area contributed by atoms with E-state index in [0.717, 1.165) is 34.7 Å². The molecule has 96 valence electrons. The SMILES string of the molecule is Brc1ccc2nc(NCC3CCCCO3)sc2c1. The van der Waals surface area contributed by atoms with Crippen LogP contribution < -0.4 is 5.32 Å². The smallest absolute Gasteiger partial charge is 0.183 e. The summed E-state index contributed by atoms with van der Waals surface area (Å²) in [6.45, 7) is 1.76. The predicted molar refractivity (Wildman–Crippen MR) is 79.4 cm³/mol. The highest BCUT2D eigenvalue weighted by atomic mass is 79.9. The molecule has 0 radical (unpaired) electrons. The van der Waals surface area contributed by atoms with Gasteiger partial charge in [0.05, 0.1) is 16.3 Å². The summed E-state index contributed by atoms with van der Waals surface area (Å²) in [7, 11) is 0. The van der Waals surface area contributed by atoms with Crippen LogP contribution in [-0.2, 0) is 4.74 Å². The van der Waals surface area contributed by atoms with Crippen LogP contribution in [-0.4, -0.2) is 24.2 Å². The monoisotopic (exact) mass is 326 g/mol. The molecular formula is C13H15BrN2OS. The van der Waals surface area contributed by atoms with E-state index >= 15 is 0 Å². The number of rotatable bonds is 3. The number of benzene rings is 1. The quantitative estimate of drug-likeness (QED) is 0.924. The largest absolute Gasteiger partial charge is 0.376 e. The Bertz CT molecular complexity index is 537. The van der Waals surface area contributed by atoms with Crippen molar-refractivity contribution in [3.8, 4) is 0 Å². The van der Waals surface area contributed by atoms with Gasteiger partial charge in [-0.15, -0.1) is 0 Å². The second-order valence-electron chi connectivity index (χ2n) is 4.50. The van der Waals surface area contributed by atoms with E-state index < -0.39 is 0 Å². The number of hydrogen-bond donors (Lipinski definition) is 1. The van der Waals surface area contributed by atoms with Crippen molar-refractivity contribution < 1.29 is 4.74 Å². The second kappa shape index (κ2) is 5.55. The average molecular weight is 327 g/mol. The Morgan fingerprint density at radius 2 is 2.39 bits per heavy atom. The van der Waals surface area contributed by atoms with E-state index in [2.05, 4.69) is 32.3 Å². The third-order valence-electron chi connectivity index (χ3n) is 3.11. The van der Waals surface area contributed by atoms with Gasteiger partial charge in [0.15, 0.2) is 5.13 Å². The van der Waals surface area contributed by atoms with Gasteiger partial charge in [0.25, 0.3) is 0 Å². The molecule has 5 heteroatoms. The molecule has 1 N–H and O–H groups in total. The van der Waals surface area contributed by atoms with Crippen molar-refractivity contribution in [2.75, 3.05) is 18.5 Å². The molecule has 1 saturated heterocycles. The molecule has 18 heavy (non-hydrogen) atoms. The van der Waals surface area contributed by atoms with Crippen LogP contribution in [0, 0.1) is 0 Å². The molecule has 1 aliphatic rings. The second-order valence-corrected chi connectivity index (χ2v) is 6.45. The number of anilines is 1. The summed E-state index contributed by atoms with van der Waals surface area (Å²) in [5.74, 6) is 0. The molecular weight excluding hydrogens is 312 g/mol. The summed E-state index contributed by atoms with van der Waals surface area (Å²) in [4.78, 5) is 4.57. The summed E-state index contributed by atoms with van der Waals surface area (Å²) in [6.07, 6.45) is 3.98. The maximum atomic E-state index is 5.70. The fourth-order valence-electron chi connectivity index (χ4n) is 2.14. The van der Waals surface area contributed by atoms with Gasteiger partial charge in [-0.1, -0.05) is 27.3 Å². The summed E-state index contributed by atoms with van der Waals surface area (Å²) in [5.41, 5.74) is 1.05. The lowest BCUT2D eigenvalue weighted by molar-refractivity contribution is 0.0247. The lowest BCUT2D eigenvalue weighted by Gasteiger charge is -2.22. The number of nitrogens with one attached hydrogen (secondary N) is 1. The highest BCUT2D eigenvalue weighted by Crippen LogP contribution is 2.28. The predicted octanol–water partition coefficient (Wildman–Crippen LogP) is 4.04. The zero-order chi connectivity index (χ0) is 12.4. The minimum absolute atomic E-state index is 0.345. The van der Waals surface area contributed by atoms with E-state index in [1.54, 1.807) is 11.3 Å². The standard InChI is InChI=1S/C13H15BrN2OS/c14-9-4-5-11-12(7-9)18-13(16-11)15-8-10-3-1-2-6-17-10/h4-5,7,10H,1-3,6,8H2,(H,15,16). The number of aromatic nitrogens is 1. The van der Waals surface area contributed by atoms with E-state index in [9.17, 15) is 0 Å². The van der Waals surface area contributed by atoms with Crippen molar-refractivity contribution in [2.24, 2.45) is 0 Å². The Morgan fingerprint density at radius 1 is 1.44 bits per heavy atom. The maximum absolute atomic E-state index is 5.70. The molecule has 1 aliphatic heterocycles. The van der Waals surface area contributed by atoms with Crippen molar-refractivity contribution in [3.05, 3.63) is 22.7 Å². The number of fused-ring (bicyclic) bond motifs is 1. The molecule has 0 bridgehead atoms. The van der Waals surface area contributed by atoms with Crippen molar-refractivity contribution in [3.63, 3.8) is 0 Å². The first-order valence-corrected chi connectivity index (χ1v) is 7.84. The summed E-state index contributed by atoms with van der Waals surface area (Å²) >= 11 is 5.17. The van der Waals surface area contributed by atoms with E-state index in [1.807, 2.05) is 12.1 Å². The van der Waals surface area contributed by atoms with Gasteiger partial charge in [-0.05, 0) is 37.5 Å². The zero-order valence-corrected chi connectivity index (χ0v) is 12.4. The van der Waals surface area contributed by atoms with Gasteiger partial charge < -0.3 is 10.1 Å². The van der Waals surface area contributed by atoms with Crippen LogP contribution in [0.15, 0.2) is 22.7 Å². The maximum Gasteiger partial charge on any atom is 0.183 e. The molecule has 1 aromatic carbocycles. The molecule has 1 fully saturated rings. The summed E-state index contributed by atoms with van der Waals surface area (Å²) in [6, 6.07) is 6.17. The molecule has 3 nitrogen and oxygen atoms in total. The Hall–Kier alpha value is -0.650. The Balaban J connectivity index is 1.67. The molecule has 0 saturated carbocycles. The van der Waals surface area contributed by atoms with Gasteiger partial charge in [0.2, 0.25) is 0 Å². The number of halogens is 1. The minimum atomic E-state index is 0.345. The van der Waals surface area contributed by atoms with Gasteiger partial charge >= 0.3 is 0 Å². The van der Waals surface area contributed by atoms with E-state index in [-0.39, 0.29) is 0 Å². The topological polar surface area (TPSA) is 34.2 Å². The molecule has 2 aromatic rings. The van der Waals surface area contributed by atoms with Crippen LogP contribution in [0.5, 0.6) is 0 Å². The fourth-order valence-corrected chi connectivity index (χ4v) is 3.57. The van der Waals surface area contributed by atoms with E-state index in [4.69, 9.17) is 4.74 Å². The van der Waals surface area contributed by atoms with Crippen molar-refractivity contribution >= 4 is 42.6 Å². The van der Waals surface area contributed by atoms with Gasteiger partial charge in [-0.25, -0.2) is 4.98 Å². The number of thiazole rings is 1. The van der Waals surface area contributed by atoms with Crippen LogP contribution in [0.3, 0.4) is 0 Å². The third kappa shape index (κ3) is 2.84. The first-order chi connectivity index (χ1) is 8.81. The highest BCUT2D eigenvalue weighted by Gasteiger charge is 2.14. The van der Waals surface area contributed by atoms with Crippen LogP contribution in [0.25, 0.3) is 10.2 Å². The normalized spacial score (nSPS) is 20.2. The van der Waals surface area contributed by atoms with E-state index in [0.29, 0.717) is 6.10 Å². The summed E-state index contributed by atoms with van der Waals surface area (Å²) in [5, 5.41) is 4.37. The fraction of sp³-hybridized carbons (Fsp3) is 0.462. The molecule has 3 rings (SSSR count). The molecule has 1 unspecified atom stereocenters. The average Bonchev–Trinajstić information content (AvgIpc) is 2.79. The number of hydrogen-bond acceptors (Lipinski definition) is 4. The van der Waals surface area contributed by atoms with Crippen molar-refractivity contribution in [1.82, 2.24) is 4.98 Å². The molecule has 0 aliphatic carbocycles. The van der Waals surface area contributed by atoms with Crippen molar-refractivity contribution in [2.45, 2.75) is 25.4 Å². The molecule has 1 aromatic heterocycles. The Morgan fingerprint density at radius 3 is 3.22 bits per heavy atom. The number of ether oxygens (including phenoxy) is 1. The van der Waals surface area contributed by atoms with Gasteiger partial charge in [0, 0.05) is 17.6 Å². The Labute approximate surface area is 119 Å². The van der Waals surface area contributed by atoms with E-state index in [1.165, 1.54) is 17.5 Å². The first-order valence-electron chi connectivity index (χ1n) is 6.23. The zero-order valence-electron chi connectivity index (χ0n) is 9.99. The van der Waals surface area contributed by atoms with Crippen molar-refractivity contribution in [1.29, 1.82) is 0 Å². The van der Waals surface area contributed by atoms with Crippen LogP contribution in [0.1, 0.15) is 19.3 Å².